The van der Waals surface area contributed by atoms with Crippen LogP contribution in [0, 0.1) is 5.92 Å². The van der Waals surface area contributed by atoms with Crippen LogP contribution in [0.25, 0.3) is 11.3 Å². The summed E-state index contributed by atoms with van der Waals surface area (Å²) in [5.74, 6) is 1.10. The number of benzene rings is 1. The fourth-order valence-electron chi connectivity index (χ4n) is 2.48. The molecule has 0 radical (unpaired) electrons. The summed E-state index contributed by atoms with van der Waals surface area (Å²) in [5.41, 5.74) is 1.76. The van der Waals surface area contributed by atoms with Crippen molar-refractivity contribution >= 4 is 5.91 Å². The SMILES string of the molecule is CC[C@@H](C)[C@@H](CO)NC(=O)c1cc(-c2ccc(OC)c(OC)c2)n[nH]1. The van der Waals surface area contributed by atoms with E-state index >= 15 is 0 Å². The molecule has 0 saturated carbocycles. The van der Waals surface area contributed by atoms with Gasteiger partial charge in [-0.05, 0) is 30.2 Å². The summed E-state index contributed by atoms with van der Waals surface area (Å²) in [5, 5.41) is 19.2. The lowest BCUT2D eigenvalue weighted by atomic mass is 10.00. The van der Waals surface area contributed by atoms with E-state index in [2.05, 4.69) is 15.5 Å². The third-order valence-electron chi connectivity index (χ3n) is 4.35. The molecule has 2 aromatic rings. The van der Waals surface area contributed by atoms with Gasteiger partial charge in [0.25, 0.3) is 5.91 Å². The minimum atomic E-state index is -0.293. The van der Waals surface area contributed by atoms with E-state index in [-0.39, 0.29) is 24.5 Å². The van der Waals surface area contributed by atoms with E-state index in [9.17, 15) is 9.90 Å². The van der Waals surface area contributed by atoms with E-state index in [0.29, 0.717) is 22.9 Å². The number of rotatable bonds is 8. The van der Waals surface area contributed by atoms with Gasteiger partial charge < -0.3 is 19.9 Å². The second kappa shape index (κ2) is 8.53. The molecule has 1 aromatic heterocycles. The number of aliphatic hydroxyl groups excluding tert-OH is 1. The lowest BCUT2D eigenvalue weighted by Gasteiger charge is -2.21. The molecule has 0 aliphatic carbocycles. The van der Waals surface area contributed by atoms with Crippen molar-refractivity contribution in [1.29, 1.82) is 0 Å². The Hall–Kier alpha value is -2.54. The number of H-pyrrole nitrogens is 1. The van der Waals surface area contributed by atoms with Crippen molar-refractivity contribution in [1.82, 2.24) is 15.5 Å². The van der Waals surface area contributed by atoms with Gasteiger partial charge in [-0.3, -0.25) is 9.89 Å². The average molecular weight is 347 g/mol. The molecule has 1 amide bonds. The number of amides is 1. The summed E-state index contributed by atoms with van der Waals surface area (Å²) < 4.78 is 10.5. The number of ether oxygens (including phenoxy) is 2. The summed E-state index contributed by atoms with van der Waals surface area (Å²) in [4.78, 5) is 12.4. The second-order valence-corrected chi connectivity index (χ2v) is 5.88. The van der Waals surface area contributed by atoms with Crippen molar-refractivity contribution < 1.29 is 19.4 Å². The van der Waals surface area contributed by atoms with Crippen LogP contribution in [0.15, 0.2) is 24.3 Å². The smallest absolute Gasteiger partial charge is 0.269 e. The van der Waals surface area contributed by atoms with Crippen molar-refractivity contribution in [2.45, 2.75) is 26.3 Å². The molecule has 7 heteroatoms. The molecule has 1 heterocycles. The highest BCUT2D eigenvalue weighted by Crippen LogP contribution is 2.31. The standard InChI is InChI=1S/C18H25N3O4/c1-5-11(2)15(10-22)19-18(23)14-9-13(20-21-14)12-6-7-16(24-3)17(8-12)25-4/h6-9,11,15,22H,5,10H2,1-4H3,(H,19,23)(H,20,21)/t11-,15-/m1/s1. The number of hydrogen-bond donors (Lipinski definition) is 3. The number of nitrogens with one attached hydrogen (secondary N) is 2. The number of carbonyl (C=O) groups is 1. The first-order valence-corrected chi connectivity index (χ1v) is 8.23. The van der Waals surface area contributed by atoms with Gasteiger partial charge in [-0.2, -0.15) is 5.10 Å². The van der Waals surface area contributed by atoms with E-state index in [1.807, 2.05) is 19.9 Å². The molecule has 136 valence electrons. The Morgan fingerprint density at radius 3 is 2.60 bits per heavy atom. The molecular formula is C18H25N3O4. The molecule has 0 aliphatic heterocycles. The molecular weight excluding hydrogens is 322 g/mol. The van der Waals surface area contributed by atoms with Crippen LogP contribution in [-0.4, -0.2) is 48.1 Å². The van der Waals surface area contributed by atoms with Crippen molar-refractivity contribution in [3.63, 3.8) is 0 Å². The summed E-state index contributed by atoms with van der Waals surface area (Å²) in [6.45, 7) is 3.91. The third-order valence-corrected chi connectivity index (χ3v) is 4.35. The Morgan fingerprint density at radius 1 is 1.28 bits per heavy atom. The van der Waals surface area contributed by atoms with Crippen LogP contribution in [-0.2, 0) is 0 Å². The van der Waals surface area contributed by atoms with Gasteiger partial charge >= 0.3 is 0 Å². The van der Waals surface area contributed by atoms with E-state index in [4.69, 9.17) is 9.47 Å². The molecule has 2 rings (SSSR count). The maximum atomic E-state index is 12.4. The van der Waals surface area contributed by atoms with Crippen molar-refractivity contribution in [2.24, 2.45) is 5.92 Å². The molecule has 0 saturated heterocycles. The first-order valence-electron chi connectivity index (χ1n) is 8.23. The van der Waals surface area contributed by atoms with Crippen LogP contribution >= 0.6 is 0 Å². The van der Waals surface area contributed by atoms with Gasteiger partial charge in [0.05, 0.1) is 32.6 Å². The Balaban J connectivity index is 2.18. The van der Waals surface area contributed by atoms with Crippen LogP contribution in [0.2, 0.25) is 0 Å². The number of aliphatic hydroxyl groups is 1. The Bertz CT molecular complexity index is 714. The Morgan fingerprint density at radius 2 is 2.00 bits per heavy atom. The molecule has 0 bridgehead atoms. The quantitative estimate of drug-likeness (QED) is 0.680. The topological polar surface area (TPSA) is 96.5 Å². The summed E-state index contributed by atoms with van der Waals surface area (Å²) in [6.07, 6.45) is 0.866. The molecule has 3 N–H and O–H groups in total. The summed E-state index contributed by atoms with van der Waals surface area (Å²) >= 11 is 0. The van der Waals surface area contributed by atoms with Crippen LogP contribution in [0.5, 0.6) is 11.5 Å². The molecule has 0 fully saturated rings. The second-order valence-electron chi connectivity index (χ2n) is 5.88. The number of nitrogens with zero attached hydrogens (tertiary/aromatic N) is 1. The highest BCUT2D eigenvalue weighted by Gasteiger charge is 2.20. The number of methoxy groups -OCH3 is 2. The molecule has 0 aliphatic rings. The van der Waals surface area contributed by atoms with E-state index in [0.717, 1.165) is 12.0 Å². The maximum Gasteiger partial charge on any atom is 0.269 e. The number of hydrogen-bond acceptors (Lipinski definition) is 5. The lowest BCUT2D eigenvalue weighted by Crippen LogP contribution is -2.42. The molecule has 2 atom stereocenters. The number of aromatic nitrogens is 2. The third kappa shape index (κ3) is 4.30. The van der Waals surface area contributed by atoms with E-state index in [1.54, 1.807) is 32.4 Å². The fourth-order valence-corrected chi connectivity index (χ4v) is 2.48. The first-order chi connectivity index (χ1) is 12.0. The zero-order chi connectivity index (χ0) is 18.4. The van der Waals surface area contributed by atoms with Gasteiger partial charge in [-0.1, -0.05) is 20.3 Å². The highest BCUT2D eigenvalue weighted by molar-refractivity contribution is 5.93. The maximum absolute atomic E-state index is 12.4. The minimum Gasteiger partial charge on any atom is -0.493 e. The Kier molecular flexibility index (Phi) is 6.41. The fraction of sp³-hybridized carbons (Fsp3) is 0.444. The van der Waals surface area contributed by atoms with Crippen molar-refractivity contribution in [3.05, 3.63) is 30.0 Å². The van der Waals surface area contributed by atoms with Gasteiger partial charge in [0.15, 0.2) is 11.5 Å². The van der Waals surface area contributed by atoms with Crippen molar-refractivity contribution in [3.8, 4) is 22.8 Å². The number of carbonyl (C=O) groups excluding carboxylic acids is 1. The van der Waals surface area contributed by atoms with Gasteiger partial charge in [0, 0.05) is 5.56 Å². The van der Waals surface area contributed by atoms with E-state index in [1.165, 1.54) is 0 Å². The predicted octanol–water partition coefficient (Wildman–Crippen LogP) is 2.23. The van der Waals surface area contributed by atoms with Crippen molar-refractivity contribution in [2.75, 3.05) is 20.8 Å². The zero-order valence-corrected chi connectivity index (χ0v) is 15.0. The van der Waals surface area contributed by atoms with Gasteiger partial charge in [-0.15, -0.1) is 0 Å². The zero-order valence-electron chi connectivity index (χ0n) is 15.0. The molecule has 25 heavy (non-hydrogen) atoms. The van der Waals surface area contributed by atoms with Gasteiger partial charge in [-0.25, -0.2) is 0 Å². The Labute approximate surface area is 147 Å². The molecule has 1 aromatic carbocycles. The van der Waals surface area contributed by atoms with Crippen LogP contribution in [0.3, 0.4) is 0 Å². The van der Waals surface area contributed by atoms with Gasteiger partial charge in [0.2, 0.25) is 0 Å². The highest BCUT2D eigenvalue weighted by atomic mass is 16.5. The monoisotopic (exact) mass is 347 g/mol. The molecule has 0 unspecified atom stereocenters. The van der Waals surface area contributed by atoms with Crippen LogP contribution < -0.4 is 14.8 Å². The van der Waals surface area contributed by atoms with Crippen LogP contribution in [0.1, 0.15) is 30.8 Å². The minimum absolute atomic E-state index is 0.0998. The molecule has 0 spiro atoms. The summed E-state index contributed by atoms with van der Waals surface area (Å²) in [7, 11) is 3.14. The van der Waals surface area contributed by atoms with Gasteiger partial charge in [0.1, 0.15) is 5.69 Å². The normalized spacial score (nSPS) is 13.2. The molecule has 7 nitrogen and oxygen atoms in total. The van der Waals surface area contributed by atoms with E-state index < -0.39 is 0 Å². The van der Waals surface area contributed by atoms with Crippen LogP contribution in [0.4, 0.5) is 0 Å². The average Bonchev–Trinajstić information content (AvgIpc) is 3.14. The lowest BCUT2D eigenvalue weighted by molar-refractivity contribution is 0.0886. The largest absolute Gasteiger partial charge is 0.493 e. The predicted molar refractivity (Wildman–Crippen MR) is 94.9 cm³/mol. The summed E-state index contributed by atoms with van der Waals surface area (Å²) in [6, 6.07) is 6.81. The number of aromatic amines is 1. The first kappa shape index (κ1) is 18.8.